The van der Waals surface area contributed by atoms with Gasteiger partial charge in [0, 0.05) is 13.5 Å². The van der Waals surface area contributed by atoms with Gasteiger partial charge in [-0.2, -0.15) is 0 Å². The van der Waals surface area contributed by atoms with Crippen LogP contribution in [0.5, 0.6) is 5.75 Å². The summed E-state index contributed by atoms with van der Waals surface area (Å²) in [4.78, 5) is 11.3. The van der Waals surface area contributed by atoms with E-state index in [0.717, 1.165) is 47.3 Å². The Morgan fingerprint density at radius 3 is 2.70 bits per heavy atom. The lowest BCUT2D eigenvalue weighted by molar-refractivity contribution is -0.118. The van der Waals surface area contributed by atoms with Crippen LogP contribution >= 0.6 is 0 Å². The van der Waals surface area contributed by atoms with Gasteiger partial charge in [-0.25, -0.2) is 0 Å². The van der Waals surface area contributed by atoms with Crippen molar-refractivity contribution in [1.29, 1.82) is 0 Å². The minimum absolute atomic E-state index is 0.00696. The van der Waals surface area contributed by atoms with E-state index in [1.807, 2.05) is 13.0 Å². The lowest BCUT2D eigenvalue weighted by Gasteiger charge is -2.31. The number of allylic oxidation sites excluding steroid dienone is 2. The van der Waals surface area contributed by atoms with E-state index in [2.05, 4.69) is 74.3 Å². The summed E-state index contributed by atoms with van der Waals surface area (Å²) in [5.41, 5.74) is 5.89. The van der Waals surface area contributed by atoms with Gasteiger partial charge in [-0.1, -0.05) is 56.3 Å². The highest BCUT2D eigenvalue weighted by atomic mass is 16.5. The lowest BCUT2D eigenvalue weighted by atomic mass is 9.80. The van der Waals surface area contributed by atoms with Gasteiger partial charge in [0.1, 0.15) is 11.9 Å². The molecule has 1 unspecified atom stereocenters. The van der Waals surface area contributed by atoms with Gasteiger partial charge in [0.15, 0.2) is 0 Å². The first-order valence-electron chi connectivity index (χ1n) is 10.7. The summed E-state index contributed by atoms with van der Waals surface area (Å²) in [6.45, 7) is 12.8. The van der Waals surface area contributed by atoms with Gasteiger partial charge in [-0.15, -0.1) is 0 Å². The molecule has 2 aromatic carbocycles. The highest BCUT2D eigenvalue weighted by molar-refractivity contribution is 5.75. The first-order valence-corrected chi connectivity index (χ1v) is 10.7. The molecule has 158 valence electrons. The second-order valence-corrected chi connectivity index (χ2v) is 9.07. The smallest absolute Gasteiger partial charge is 0.216 e. The summed E-state index contributed by atoms with van der Waals surface area (Å²) in [6.07, 6.45) is 7.36. The van der Waals surface area contributed by atoms with E-state index in [-0.39, 0.29) is 17.4 Å². The number of hydrogen-bond donors (Lipinski definition) is 1. The molecule has 0 spiro atoms. The molecule has 1 aliphatic rings. The number of benzene rings is 2. The maximum Gasteiger partial charge on any atom is 0.216 e. The molecule has 0 saturated carbocycles. The van der Waals surface area contributed by atoms with Crippen LogP contribution in [0.25, 0.3) is 16.7 Å². The van der Waals surface area contributed by atoms with Crippen molar-refractivity contribution in [2.24, 2.45) is 5.41 Å². The monoisotopic (exact) mass is 403 g/mol. The average molecular weight is 404 g/mol. The summed E-state index contributed by atoms with van der Waals surface area (Å²) < 4.78 is 6.35. The van der Waals surface area contributed by atoms with Crippen LogP contribution in [0.1, 0.15) is 51.7 Å². The van der Waals surface area contributed by atoms with E-state index >= 15 is 0 Å². The molecule has 0 aliphatic heterocycles. The number of carbonyl (C=O) groups excluding carboxylic acids is 1. The van der Waals surface area contributed by atoms with Crippen molar-refractivity contribution in [1.82, 2.24) is 5.32 Å². The molecule has 0 bridgehead atoms. The zero-order chi connectivity index (χ0) is 21.7. The van der Waals surface area contributed by atoms with Crippen LogP contribution < -0.4 is 10.1 Å². The fourth-order valence-electron chi connectivity index (χ4n) is 3.93. The third-order valence-electron chi connectivity index (χ3n) is 5.58. The second-order valence-electron chi connectivity index (χ2n) is 9.07. The van der Waals surface area contributed by atoms with E-state index in [4.69, 9.17) is 4.74 Å². The molecule has 0 saturated heterocycles. The van der Waals surface area contributed by atoms with Gasteiger partial charge in [0.05, 0.1) is 0 Å². The van der Waals surface area contributed by atoms with E-state index < -0.39 is 0 Å². The van der Waals surface area contributed by atoms with Crippen molar-refractivity contribution in [3.8, 4) is 16.9 Å². The predicted molar refractivity (Wildman–Crippen MR) is 126 cm³/mol. The second kappa shape index (κ2) is 9.34. The SMILES string of the molecule is C=C(C)c1cccc(-c2cc(OC3C=CCC(C)(C)C3)ccc2CCNC(C)=O)c1. The molecule has 0 radical (unpaired) electrons. The minimum atomic E-state index is -0.00696. The maximum absolute atomic E-state index is 11.3. The molecule has 1 amide bonds. The largest absolute Gasteiger partial charge is 0.486 e. The van der Waals surface area contributed by atoms with Crippen molar-refractivity contribution in [3.05, 3.63) is 72.3 Å². The number of rotatable bonds is 7. The van der Waals surface area contributed by atoms with Gasteiger partial charge < -0.3 is 10.1 Å². The Hall–Kier alpha value is -2.81. The van der Waals surface area contributed by atoms with Crippen LogP contribution in [0, 0.1) is 5.41 Å². The fourth-order valence-corrected chi connectivity index (χ4v) is 3.93. The highest BCUT2D eigenvalue weighted by Gasteiger charge is 2.25. The van der Waals surface area contributed by atoms with Crippen LogP contribution in [0.2, 0.25) is 0 Å². The number of nitrogens with one attached hydrogen (secondary N) is 1. The third-order valence-corrected chi connectivity index (χ3v) is 5.58. The lowest BCUT2D eigenvalue weighted by Crippen LogP contribution is -2.26. The normalized spacial score (nSPS) is 17.4. The fraction of sp³-hybridized carbons (Fsp3) is 0.370. The van der Waals surface area contributed by atoms with Crippen molar-refractivity contribution in [3.63, 3.8) is 0 Å². The molecule has 1 N–H and O–H groups in total. The molecule has 0 heterocycles. The van der Waals surface area contributed by atoms with E-state index in [0.29, 0.717) is 6.54 Å². The van der Waals surface area contributed by atoms with Crippen LogP contribution in [0.15, 0.2) is 61.2 Å². The summed E-state index contributed by atoms with van der Waals surface area (Å²) in [7, 11) is 0. The number of hydrogen-bond acceptors (Lipinski definition) is 2. The molecule has 3 nitrogen and oxygen atoms in total. The molecule has 1 aliphatic carbocycles. The standard InChI is InChI=1S/C27H33NO2/c1-19(2)22-8-6-9-23(16-22)26-17-24(12-11-21(26)13-15-28-20(3)29)30-25-10-7-14-27(4,5)18-25/h6-12,16-17,25H,1,13-15,18H2,2-5H3,(H,28,29). The van der Waals surface area contributed by atoms with E-state index in [1.165, 1.54) is 5.56 Å². The van der Waals surface area contributed by atoms with Crippen LogP contribution in [-0.4, -0.2) is 18.6 Å². The average Bonchev–Trinajstić information content (AvgIpc) is 2.68. The molecule has 1 atom stereocenters. The Kier molecular flexibility index (Phi) is 6.81. The van der Waals surface area contributed by atoms with Crippen molar-refractivity contribution in [2.45, 2.75) is 53.1 Å². The molecular weight excluding hydrogens is 370 g/mol. The van der Waals surface area contributed by atoms with Gasteiger partial charge in [-0.3, -0.25) is 4.79 Å². The summed E-state index contributed by atoms with van der Waals surface area (Å²) in [5, 5.41) is 2.90. The molecular formula is C27H33NO2. The number of ether oxygens (including phenoxy) is 1. The van der Waals surface area contributed by atoms with Gasteiger partial charge in [-0.05, 0) is 78.1 Å². The Morgan fingerprint density at radius 2 is 2.00 bits per heavy atom. The molecule has 0 aromatic heterocycles. The first-order chi connectivity index (χ1) is 14.2. The summed E-state index contributed by atoms with van der Waals surface area (Å²) in [5.74, 6) is 0.869. The topological polar surface area (TPSA) is 38.3 Å². The predicted octanol–water partition coefficient (Wildman–Crippen LogP) is 6.19. The molecule has 2 aromatic rings. The third kappa shape index (κ3) is 5.85. The zero-order valence-corrected chi connectivity index (χ0v) is 18.6. The van der Waals surface area contributed by atoms with E-state index in [1.54, 1.807) is 6.92 Å². The van der Waals surface area contributed by atoms with Crippen molar-refractivity contribution < 1.29 is 9.53 Å². The first kappa shape index (κ1) is 21.9. The maximum atomic E-state index is 11.3. The van der Waals surface area contributed by atoms with E-state index in [9.17, 15) is 4.79 Å². The van der Waals surface area contributed by atoms with Gasteiger partial charge in [0.2, 0.25) is 5.91 Å². The quantitative estimate of drug-likeness (QED) is 0.560. The molecule has 0 fully saturated rings. The van der Waals surface area contributed by atoms with Crippen LogP contribution in [0.3, 0.4) is 0 Å². The minimum Gasteiger partial charge on any atom is -0.486 e. The number of amides is 1. The Morgan fingerprint density at radius 1 is 1.20 bits per heavy atom. The van der Waals surface area contributed by atoms with Gasteiger partial charge >= 0.3 is 0 Å². The Bertz CT molecular complexity index is 955. The highest BCUT2D eigenvalue weighted by Crippen LogP contribution is 2.35. The zero-order valence-electron chi connectivity index (χ0n) is 18.6. The summed E-state index contributed by atoms with van der Waals surface area (Å²) in [6, 6.07) is 14.7. The Balaban J connectivity index is 1.91. The van der Waals surface area contributed by atoms with Gasteiger partial charge in [0.25, 0.3) is 0 Å². The Labute approximate surface area is 180 Å². The van der Waals surface area contributed by atoms with Crippen molar-refractivity contribution in [2.75, 3.05) is 6.54 Å². The molecule has 30 heavy (non-hydrogen) atoms. The summed E-state index contributed by atoms with van der Waals surface area (Å²) >= 11 is 0. The molecule has 3 heteroatoms. The molecule has 3 rings (SSSR count). The van der Waals surface area contributed by atoms with Crippen LogP contribution in [0.4, 0.5) is 0 Å². The van der Waals surface area contributed by atoms with Crippen molar-refractivity contribution >= 4 is 11.5 Å². The van der Waals surface area contributed by atoms with Crippen LogP contribution in [-0.2, 0) is 11.2 Å². The number of carbonyl (C=O) groups is 1.